The number of pyridine rings is 1. The topological polar surface area (TPSA) is 93.6 Å². The molecule has 0 amide bonds. The van der Waals surface area contributed by atoms with Crippen molar-refractivity contribution >= 4 is 17.3 Å². The molecule has 3 N–H and O–H groups in total. The number of fused-ring (bicyclic) bond motifs is 1. The Bertz CT molecular complexity index is 907. The first-order valence-electron chi connectivity index (χ1n) is 8.50. The molecule has 136 valence electrons. The lowest BCUT2D eigenvalue weighted by Gasteiger charge is -2.26. The van der Waals surface area contributed by atoms with Gasteiger partial charge in [0.2, 0.25) is 0 Å². The van der Waals surface area contributed by atoms with E-state index in [1.165, 1.54) is 12.3 Å². The number of ether oxygens (including phenoxy) is 1. The molecule has 3 aromatic heterocycles. The van der Waals surface area contributed by atoms with Gasteiger partial charge in [0, 0.05) is 38.4 Å². The highest BCUT2D eigenvalue weighted by Gasteiger charge is 2.13. The maximum atomic E-state index is 13.6. The summed E-state index contributed by atoms with van der Waals surface area (Å²) < 4.78 is 20.5. The number of nitrogen functional groups attached to an aromatic ring is 1. The predicted molar refractivity (Wildman–Crippen MR) is 96.3 cm³/mol. The highest BCUT2D eigenvalue weighted by Crippen LogP contribution is 2.21. The maximum absolute atomic E-state index is 13.6. The first-order chi connectivity index (χ1) is 12.7. The summed E-state index contributed by atoms with van der Waals surface area (Å²) >= 11 is 0. The van der Waals surface area contributed by atoms with Gasteiger partial charge >= 0.3 is 0 Å². The summed E-state index contributed by atoms with van der Waals surface area (Å²) in [6.45, 7) is 5.05. The Kier molecular flexibility index (Phi) is 4.63. The minimum absolute atomic E-state index is 0.343. The number of morpholine rings is 1. The van der Waals surface area contributed by atoms with Gasteiger partial charge in [-0.2, -0.15) is 0 Å². The van der Waals surface area contributed by atoms with E-state index in [1.54, 1.807) is 22.7 Å². The summed E-state index contributed by atoms with van der Waals surface area (Å²) in [6.07, 6.45) is 2.97. The Labute approximate surface area is 149 Å². The van der Waals surface area contributed by atoms with Gasteiger partial charge in [0.25, 0.3) is 0 Å². The summed E-state index contributed by atoms with van der Waals surface area (Å²) in [6, 6.07) is 4.66. The number of aromatic nitrogens is 4. The third-order valence-corrected chi connectivity index (χ3v) is 4.28. The Morgan fingerprint density at radius 2 is 2.08 bits per heavy atom. The van der Waals surface area contributed by atoms with Gasteiger partial charge in [-0.05, 0) is 12.1 Å². The second kappa shape index (κ2) is 7.22. The van der Waals surface area contributed by atoms with Crippen LogP contribution in [0.4, 0.5) is 16.0 Å². The Hall–Kier alpha value is -2.78. The van der Waals surface area contributed by atoms with Gasteiger partial charge in [0.05, 0.1) is 19.4 Å². The van der Waals surface area contributed by atoms with Crippen molar-refractivity contribution in [2.45, 2.75) is 0 Å². The van der Waals surface area contributed by atoms with Crippen molar-refractivity contribution in [3.05, 3.63) is 36.4 Å². The quantitative estimate of drug-likeness (QED) is 0.710. The fourth-order valence-electron chi connectivity index (χ4n) is 2.96. The van der Waals surface area contributed by atoms with Gasteiger partial charge < -0.3 is 15.8 Å². The van der Waals surface area contributed by atoms with Crippen LogP contribution in [0.25, 0.3) is 17.2 Å². The lowest BCUT2D eigenvalue weighted by Crippen LogP contribution is -2.39. The van der Waals surface area contributed by atoms with Crippen LogP contribution in [-0.2, 0) is 4.74 Å². The molecular weight excluding hydrogens is 337 g/mol. The number of nitrogens with one attached hydrogen (secondary N) is 1. The van der Waals surface area contributed by atoms with Crippen LogP contribution in [0.1, 0.15) is 0 Å². The van der Waals surface area contributed by atoms with Crippen molar-refractivity contribution in [2.75, 3.05) is 50.4 Å². The summed E-state index contributed by atoms with van der Waals surface area (Å²) in [7, 11) is 0. The fourth-order valence-corrected chi connectivity index (χ4v) is 2.96. The zero-order valence-electron chi connectivity index (χ0n) is 14.2. The average Bonchev–Trinajstić information content (AvgIpc) is 3.05. The molecule has 1 aliphatic rings. The summed E-state index contributed by atoms with van der Waals surface area (Å²) in [5, 5.41) is 3.28. The molecule has 0 unspecified atom stereocenters. The summed E-state index contributed by atoms with van der Waals surface area (Å²) in [5.74, 6) is 1.02. The lowest BCUT2D eigenvalue weighted by atomic mass is 10.3. The normalized spacial score (nSPS) is 15.4. The lowest BCUT2D eigenvalue weighted by molar-refractivity contribution is 0.0398. The number of hydrogen-bond acceptors (Lipinski definition) is 7. The van der Waals surface area contributed by atoms with E-state index in [-0.39, 0.29) is 5.82 Å². The molecule has 9 heteroatoms. The van der Waals surface area contributed by atoms with Gasteiger partial charge in [-0.1, -0.05) is 0 Å². The molecule has 0 spiro atoms. The number of rotatable bonds is 5. The van der Waals surface area contributed by atoms with Gasteiger partial charge in [-0.15, -0.1) is 0 Å². The van der Waals surface area contributed by atoms with E-state index in [0.29, 0.717) is 28.8 Å². The molecule has 4 rings (SSSR count). The minimum Gasteiger partial charge on any atom is -0.384 e. The van der Waals surface area contributed by atoms with Crippen molar-refractivity contribution in [2.24, 2.45) is 0 Å². The van der Waals surface area contributed by atoms with Gasteiger partial charge in [-0.25, -0.2) is 19.3 Å². The van der Waals surface area contributed by atoms with Crippen LogP contribution in [0, 0.1) is 5.82 Å². The Morgan fingerprint density at radius 1 is 1.23 bits per heavy atom. The monoisotopic (exact) mass is 357 g/mol. The predicted octanol–water partition coefficient (Wildman–Crippen LogP) is 1.26. The molecule has 0 bridgehead atoms. The Balaban J connectivity index is 1.52. The molecule has 0 saturated carbocycles. The van der Waals surface area contributed by atoms with Crippen LogP contribution >= 0.6 is 0 Å². The largest absolute Gasteiger partial charge is 0.384 e. The van der Waals surface area contributed by atoms with Crippen LogP contribution in [0.5, 0.6) is 0 Å². The number of anilines is 2. The van der Waals surface area contributed by atoms with Crippen LogP contribution in [0.2, 0.25) is 0 Å². The molecule has 4 heterocycles. The second-order valence-corrected chi connectivity index (χ2v) is 6.10. The number of halogens is 1. The van der Waals surface area contributed by atoms with Crippen LogP contribution in [0.3, 0.4) is 0 Å². The zero-order valence-corrected chi connectivity index (χ0v) is 14.2. The first kappa shape index (κ1) is 16.7. The van der Waals surface area contributed by atoms with Crippen molar-refractivity contribution < 1.29 is 9.13 Å². The first-order valence-corrected chi connectivity index (χ1v) is 8.50. The molecule has 3 aromatic rings. The molecule has 8 nitrogen and oxygen atoms in total. The molecule has 1 fully saturated rings. The molecule has 0 atom stereocenters. The number of nitrogens with zero attached hydrogens (tertiary/aromatic N) is 5. The molecule has 1 saturated heterocycles. The van der Waals surface area contributed by atoms with Gasteiger partial charge in [0.1, 0.15) is 28.8 Å². The molecule has 0 aliphatic carbocycles. The SMILES string of the molecule is Nc1cc(NCCN2CCOCC2)nc(-c2cnc3ccc(F)cn23)n1. The Morgan fingerprint density at radius 3 is 2.92 bits per heavy atom. The van der Waals surface area contributed by atoms with E-state index in [2.05, 4.69) is 25.2 Å². The summed E-state index contributed by atoms with van der Waals surface area (Å²) in [5.41, 5.74) is 7.14. The number of hydrogen-bond donors (Lipinski definition) is 2. The number of nitrogens with two attached hydrogens (primary N) is 1. The van der Waals surface area contributed by atoms with Crippen LogP contribution in [-0.4, -0.2) is 63.6 Å². The van der Waals surface area contributed by atoms with Crippen LogP contribution in [0.15, 0.2) is 30.6 Å². The van der Waals surface area contributed by atoms with E-state index in [4.69, 9.17) is 10.5 Å². The smallest absolute Gasteiger partial charge is 0.182 e. The van der Waals surface area contributed by atoms with E-state index in [9.17, 15) is 4.39 Å². The minimum atomic E-state index is -0.357. The van der Waals surface area contributed by atoms with Crippen molar-refractivity contribution in [3.63, 3.8) is 0 Å². The standard InChI is InChI=1S/C17H20FN7O/c18-12-1-2-16-21-10-13(25(16)11-12)17-22-14(19)9-15(23-17)20-3-4-24-5-7-26-8-6-24/h1-2,9-11H,3-8H2,(H3,19,20,22,23). The fraction of sp³-hybridized carbons (Fsp3) is 0.353. The molecular formula is C17H20FN7O. The molecule has 26 heavy (non-hydrogen) atoms. The maximum Gasteiger partial charge on any atom is 0.182 e. The highest BCUT2D eigenvalue weighted by molar-refractivity contribution is 5.61. The zero-order chi connectivity index (χ0) is 17.9. The van der Waals surface area contributed by atoms with Crippen LogP contribution < -0.4 is 11.1 Å². The molecule has 0 aromatic carbocycles. The average molecular weight is 357 g/mol. The van der Waals surface area contributed by atoms with E-state index in [1.807, 2.05) is 0 Å². The third-order valence-electron chi connectivity index (χ3n) is 4.28. The van der Waals surface area contributed by atoms with E-state index in [0.717, 1.165) is 39.4 Å². The van der Waals surface area contributed by atoms with Gasteiger partial charge in [0.15, 0.2) is 5.82 Å². The number of imidazole rings is 1. The summed E-state index contributed by atoms with van der Waals surface area (Å²) in [4.78, 5) is 15.4. The molecule has 0 radical (unpaired) electrons. The molecule has 1 aliphatic heterocycles. The second-order valence-electron chi connectivity index (χ2n) is 6.10. The van der Waals surface area contributed by atoms with E-state index < -0.39 is 0 Å². The van der Waals surface area contributed by atoms with Crippen molar-refractivity contribution in [3.8, 4) is 11.5 Å². The van der Waals surface area contributed by atoms with Crippen molar-refractivity contribution in [1.82, 2.24) is 24.3 Å². The highest BCUT2D eigenvalue weighted by atomic mass is 19.1. The van der Waals surface area contributed by atoms with E-state index >= 15 is 0 Å². The van der Waals surface area contributed by atoms with Gasteiger partial charge in [-0.3, -0.25) is 9.30 Å². The third kappa shape index (κ3) is 3.58. The van der Waals surface area contributed by atoms with Crippen molar-refractivity contribution in [1.29, 1.82) is 0 Å².